The van der Waals surface area contributed by atoms with Crippen LogP contribution in [0.4, 0.5) is 5.95 Å². The van der Waals surface area contributed by atoms with E-state index in [1.807, 2.05) is 10.8 Å². The number of hydrogen-bond donors (Lipinski definition) is 5. The van der Waals surface area contributed by atoms with Gasteiger partial charge in [0.05, 0.1) is 11.8 Å². The summed E-state index contributed by atoms with van der Waals surface area (Å²) < 4.78 is 26.1. The van der Waals surface area contributed by atoms with Crippen molar-refractivity contribution < 1.29 is 23.1 Å². The van der Waals surface area contributed by atoms with Crippen molar-refractivity contribution in [1.29, 1.82) is 0 Å². The predicted octanol–water partition coefficient (Wildman–Crippen LogP) is -0.394. The number of aromatic nitrogens is 3. The third-order valence-electron chi connectivity index (χ3n) is 4.58. The molecule has 5 N–H and O–H groups in total. The number of anilines is 1. The van der Waals surface area contributed by atoms with E-state index in [2.05, 4.69) is 20.6 Å². The van der Waals surface area contributed by atoms with Gasteiger partial charge in [0.15, 0.2) is 5.95 Å². The molecule has 1 amide bonds. The summed E-state index contributed by atoms with van der Waals surface area (Å²) in [7, 11) is -2.13. The maximum atomic E-state index is 12.9. The number of fused-ring (bicyclic) bond motifs is 1. The van der Waals surface area contributed by atoms with Gasteiger partial charge in [0, 0.05) is 44.1 Å². The Balaban J connectivity index is 1.80. The monoisotopic (exact) mass is 462 g/mol. The molecule has 0 saturated heterocycles. The molecule has 3 rings (SSSR count). The normalized spacial score (nSPS) is 12.4. The molecule has 0 aliphatic heterocycles. The lowest BCUT2D eigenvalue weighted by atomic mass is 10.1. The number of H-pyrrole nitrogens is 1. The van der Waals surface area contributed by atoms with E-state index in [1.165, 1.54) is 6.20 Å². The van der Waals surface area contributed by atoms with Gasteiger partial charge in [-0.3, -0.25) is 14.4 Å². The molecule has 1 atom stereocenters. The topological polar surface area (TPSA) is 175 Å². The Kier molecular flexibility index (Phi) is 6.60. The highest BCUT2D eigenvalue weighted by Gasteiger charge is 2.23. The highest BCUT2D eigenvalue weighted by molar-refractivity contribution is 7.88. The molecule has 13 heteroatoms. The van der Waals surface area contributed by atoms with Crippen LogP contribution in [0.5, 0.6) is 0 Å². The smallest absolute Gasteiger partial charge is 0.323 e. The van der Waals surface area contributed by atoms with Gasteiger partial charge in [-0.05, 0) is 17.7 Å². The Bertz CT molecular complexity index is 1320. The summed E-state index contributed by atoms with van der Waals surface area (Å²) >= 11 is 0. The van der Waals surface area contributed by atoms with Crippen LogP contribution in [0.15, 0.2) is 41.6 Å². The van der Waals surface area contributed by atoms with Crippen LogP contribution in [0.2, 0.25) is 0 Å². The fraction of sp³-hybridized carbons (Fsp3) is 0.263. The van der Waals surface area contributed by atoms with Crippen molar-refractivity contribution in [2.24, 2.45) is 7.05 Å². The van der Waals surface area contributed by atoms with E-state index in [-0.39, 0.29) is 5.56 Å². The highest BCUT2D eigenvalue weighted by Crippen LogP contribution is 2.15. The third-order valence-corrected chi connectivity index (χ3v) is 5.29. The minimum Gasteiger partial charge on any atom is -0.480 e. The molecule has 12 nitrogen and oxygen atoms in total. The molecule has 0 unspecified atom stereocenters. The van der Waals surface area contributed by atoms with Gasteiger partial charge < -0.3 is 25.3 Å². The maximum absolute atomic E-state index is 12.9. The lowest BCUT2D eigenvalue weighted by Gasteiger charge is -2.15. The summed E-state index contributed by atoms with van der Waals surface area (Å²) in [5.74, 6) is -1.66. The molecule has 0 aliphatic rings. The van der Waals surface area contributed by atoms with Crippen molar-refractivity contribution in [2.75, 3.05) is 18.1 Å². The standard InChI is InChI=1S/C19H22N6O6S/c1-25-10-13(17(27)22-9-14(18(28)29)24-32(2,30)31)16(26)12-4-3-11(7-15(12)25)8-23-19-20-5-6-21-19/h3-7,10,14,24H,8-9H2,1-2H3,(H,22,27)(H,28,29)(H2,20,21,23)/t14-/m0/s1. The Morgan fingerprint density at radius 1 is 1.31 bits per heavy atom. The van der Waals surface area contributed by atoms with Crippen molar-refractivity contribution in [3.63, 3.8) is 0 Å². The minimum atomic E-state index is -3.81. The van der Waals surface area contributed by atoms with Crippen LogP contribution in [0, 0.1) is 0 Å². The van der Waals surface area contributed by atoms with Gasteiger partial charge in [-0.25, -0.2) is 13.4 Å². The molecular formula is C19H22N6O6S. The summed E-state index contributed by atoms with van der Waals surface area (Å²) in [5.41, 5.74) is 0.777. The van der Waals surface area contributed by atoms with Crippen molar-refractivity contribution in [1.82, 2.24) is 24.6 Å². The van der Waals surface area contributed by atoms with E-state index >= 15 is 0 Å². The zero-order chi connectivity index (χ0) is 23.5. The molecule has 32 heavy (non-hydrogen) atoms. The van der Waals surface area contributed by atoms with E-state index < -0.39 is 39.9 Å². The fourth-order valence-electron chi connectivity index (χ4n) is 3.08. The second-order valence-corrected chi connectivity index (χ2v) is 8.90. The van der Waals surface area contributed by atoms with E-state index in [0.717, 1.165) is 11.8 Å². The zero-order valence-corrected chi connectivity index (χ0v) is 18.1. The first-order valence-corrected chi connectivity index (χ1v) is 11.3. The van der Waals surface area contributed by atoms with Crippen LogP contribution in [-0.4, -0.2) is 58.8 Å². The fourth-order valence-corrected chi connectivity index (χ4v) is 3.78. The molecule has 3 aromatic rings. The molecular weight excluding hydrogens is 440 g/mol. The number of benzene rings is 1. The Labute approximate surface area is 182 Å². The summed E-state index contributed by atoms with van der Waals surface area (Å²) in [6.45, 7) is -0.0659. The number of carbonyl (C=O) groups is 2. The maximum Gasteiger partial charge on any atom is 0.323 e. The van der Waals surface area contributed by atoms with Crippen LogP contribution >= 0.6 is 0 Å². The number of carbonyl (C=O) groups excluding carboxylic acids is 1. The van der Waals surface area contributed by atoms with Crippen LogP contribution in [-0.2, 0) is 28.4 Å². The lowest BCUT2D eigenvalue weighted by molar-refractivity contribution is -0.138. The number of amides is 1. The number of nitrogens with one attached hydrogen (secondary N) is 4. The molecule has 2 heterocycles. The van der Waals surface area contributed by atoms with Gasteiger partial charge >= 0.3 is 5.97 Å². The molecule has 170 valence electrons. The number of carboxylic acids is 1. The largest absolute Gasteiger partial charge is 0.480 e. The van der Waals surface area contributed by atoms with Crippen molar-refractivity contribution >= 4 is 38.8 Å². The number of nitrogens with zero attached hydrogens (tertiary/aromatic N) is 2. The SMILES string of the molecule is Cn1cc(C(=O)NC[C@H](NS(C)(=O)=O)C(=O)O)c(=O)c2ccc(CNc3ncc[nH]3)cc21. The van der Waals surface area contributed by atoms with Crippen molar-refractivity contribution in [3.8, 4) is 0 Å². The second kappa shape index (κ2) is 9.20. The molecule has 0 aliphatic carbocycles. The predicted molar refractivity (Wildman–Crippen MR) is 117 cm³/mol. The number of pyridine rings is 1. The summed E-state index contributed by atoms with van der Waals surface area (Å²) in [5, 5.41) is 14.9. The van der Waals surface area contributed by atoms with Crippen LogP contribution in [0.3, 0.4) is 0 Å². The quantitative estimate of drug-likeness (QED) is 0.285. The number of aryl methyl sites for hydroxylation is 1. The van der Waals surface area contributed by atoms with Crippen LogP contribution in [0.25, 0.3) is 10.9 Å². The minimum absolute atomic E-state index is 0.190. The average molecular weight is 462 g/mol. The number of hydrogen-bond acceptors (Lipinski definition) is 7. The second-order valence-electron chi connectivity index (χ2n) is 7.12. The first-order valence-electron chi connectivity index (χ1n) is 9.39. The summed E-state index contributed by atoms with van der Waals surface area (Å²) in [4.78, 5) is 43.6. The van der Waals surface area contributed by atoms with Gasteiger partial charge in [0.25, 0.3) is 5.91 Å². The lowest BCUT2D eigenvalue weighted by Crippen LogP contribution is -2.48. The average Bonchev–Trinajstić information content (AvgIpc) is 3.24. The number of aromatic amines is 1. The number of rotatable bonds is 9. The molecule has 0 spiro atoms. The van der Waals surface area contributed by atoms with Gasteiger partial charge in [0.1, 0.15) is 11.6 Å². The highest BCUT2D eigenvalue weighted by atomic mass is 32.2. The van der Waals surface area contributed by atoms with Crippen LogP contribution in [0.1, 0.15) is 15.9 Å². The molecule has 0 radical (unpaired) electrons. The molecule has 0 fully saturated rings. The van der Waals surface area contributed by atoms with E-state index in [9.17, 15) is 22.8 Å². The molecule has 0 bridgehead atoms. The number of sulfonamides is 1. The van der Waals surface area contributed by atoms with Crippen LogP contribution < -0.4 is 20.8 Å². The first kappa shape index (κ1) is 23.0. The van der Waals surface area contributed by atoms with E-state index in [4.69, 9.17) is 5.11 Å². The number of carboxylic acid groups (broad SMARTS) is 1. The third kappa shape index (κ3) is 5.50. The Morgan fingerprint density at radius 3 is 2.69 bits per heavy atom. The van der Waals surface area contributed by atoms with Gasteiger partial charge in [-0.15, -0.1) is 0 Å². The van der Waals surface area contributed by atoms with E-state index in [1.54, 1.807) is 36.1 Å². The van der Waals surface area contributed by atoms with Gasteiger partial charge in [-0.1, -0.05) is 6.07 Å². The zero-order valence-electron chi connectivity index (χ0n) is 17.2. The summed E-state index contributed by atoms with van der Waals surface area (Å²) in [6, 6.07) is 3.60. The van der Waals surface area contributed by atoms with Gasteiger partial charge in [0.2, 0.25) is 15.5 Å². The number of imidazole rings is 1. The van der Waals surface area contributed by atoms with Gasteiger partial charge in [-0.2, -0.15) is 4.72 Å². The van der Waals surface area contributed by atoms with Crippen molar-refractivity contribution in [3.05, 3.63) is 58.1 Å². The molecule has 2 aromatic heterocycles. The molecule has 1 aromatic carbocycles. The van der Waals surface area contributed by atoms with E-state index in [0.29, 0.717) is 23.4 Å². The Morgan fingerprint density at radius 2 is 2.06 bits per heavy atom. The summed E-state index contributed by atoms with van der Waals surface area (Å²) in [6.07, 6.45) is 5.47. The Hall–Kier alpha value is -3.71. The molecule has 0 saturated carbocycles. The van der Waals surface area contributed by atoms with Crippen molar-refractivity contribution in [2.45, 2.75) is 12.6 Å². The first-order chi connectivity index (χ1) is 15.0. The number of aliphatic carboxylic acids is 1.